The molecule has 1 aliphatic heterocycles. The molecule has 146 valence electrons. The number of benzene rings is 3. The summed E-state index contributed by atoms with van der Waals surface area (Å²) in [5.74, 6) is 0.129. The molecular formula is C23H20FN3O2. The van der Waals surface area contributed by atoms with Crippen LogP contribution in [0.25, 0.3) is 0 Å². The number of fused-ring (bicyclic) bond motifs is 1. The number of hydrazone groups is 1. The average molecular weight is 389 g/mol. The Balaban J connectivity index is 1.46. The van der Waals surface area contributed by atoms with Crippen molar-refractivity contribution >= 4 is 17.3 Å². The minimum atomic E-state index is -0.322. The second-order valence-electron chi connectivity index (χ2n) is 6.67. The maximum atomic E-state index is 13.0. The van der Waals surface area contributed by atoms with Crippen molar-refractivity contribution in [2.75, 3.05) is 11.9 Å². The van der Waals surface area contributed by atoms with Crippen LogP contribution in [-0.4, -0.2) is 18.2 Å². The van der Waals surface area contributed by atoms with Crippen molar-refractivity contribution in [3.8, 4) is 5.75 Å². The first-order chi connectivity index (χ1) is 14.2. The highest BCUT2D eigenvalue weighted by Crippen LogP contribution is 2.34. The van der Waals surface area contributed by atoms with E-state index in [0.29, 0.717) is 12.1 Å². The zero-order valence-corrected chi connectivity index (χ0v) is 15.6. The molecule has 1 heterocycles. The molecule has 0 bridgehead atoms. The van der Waals surface area contributed by atoms with Gasteiger partial charge in [0.15, 0.2) is 0 Å². The van der Waals surface area contributed by atoms with Gasteiger partial charge >= 0.3 is 0 Å². The summed E-state index contributed by atoms with van der Waals surface area (Å²) < 4.78 is 19.1. The Morgan fingerprint density at radius 2 is 1.72 bits per heavy atom. The SMILES string of the molecule is O=C(CNc1ccc(F)cc1)NN=C1CC(c2ccccc2)Oc2ccccc21. The van der Waals surface area contributed by atoms with Crippen molar-refractivity contribution in [3.63, 3.8) is 0 Å². The zero-order valence-electron chi connectivity index (χ0n) is 15.6. The Hall–Kier alpha value is -3.67. The number of para-hydroxylation sites is 1. The fraction of sp³-hybridized carbons (Fsp3) is 0.130. The number of halogens is 1. The van der Waals surface area contributed by atoms with Gasteiger partial charge in [-0.1, -0.05) is 42.5 Å². The number of nitrogens with zero attached hydrogens (tertiary/aromatic N) is 1. The zero-order chi connectivity index (χ0) is 20.1. The van der Waals surface area contributed by atoms with E-state index in [0.717, 1.165) is 22.6 Å². The maximum absolute atomic E-state index is 13.0. The first-order valence-electron chi connectivity index (χ1n) is 9.35. The van der Waals surface area contributed by atoms with E-state index >= 15 is 0 Å². The van der Waals surface area contributed by atoms with Crippen LogP contribution in [0.2, 0.25) is 0 Å². The summed E-state index contributed by atoms with van der Waals surface area (Å²) in [4.78, 5) is 12.2. The number of hydrogen-bond donors (Lipinski definition) is 2. The highest BCUT2D eigenvalue weighted by Gasteiger charge is 2.26. The Labute approximate surface area is 168 Å². The van der Waals surface area contributed by atoms with E-state index in [1.54, 1.807) is 12.1 Å². The van der Waals surface area contributed by atoms with Crippen molar-refractivity contribution in [2.24, 2.45) is 5.10 Å². The lowest BCUT2D eigenvalue weighted by molar-refractivity contribution is -0.119. The molecule has 1 atom stereocenters. The molecule has 0 radical (unpaired) electrons. The van der Waals surface area contributed by atoms with Crippen molar-refractivity contribution in [3.05, 3.63) is 95.8 Å². The number of rotatable bonds is 5. The molecule has 3 aromatic carbocycles. The molecule has 29 heavy (non-hydrogen) atoms. The van der Waals surface area contributed by atoms with E-state index in [1.807, 2.05) is 54.6 Å². The third-order valence-corrected chi connectivity index (χ3v) is 4.63. The Morgan fingerprint density at radius 3 is 2.52 bits per heavy atom. The van der Waals surface area contributed by atoms with Gasteiger partial charge in [0.05, 0.1) is 12.3 Å². The lowest BCUT2D eigenvalue weighted by Gasteiger charge is -2.27. The summed E-state index contributed by atoms with van der Waals surface area (Å²) >= 11 is 0. The van der Waals surface area contributed by atoms with Crippen molar-refractivity contribution in [1.82, 2.24) is 5.43 Å². The van der Waals surface area contributed by atoms with Crippen LogP contribution in [0.15, 0.2) is 84.0 Å². The summed E-state index contributed by atoms with van der Waals surface area (Å²) in [6, 6.07) is 23.4. The van der Waals surface area contributed by atoms with E-state index < -0.39 is 0 Å². The second kappa shape index (κ2) is 8.56. The molecule has 1 unspecified atom stereocenters. The molecule has 4 rings (SSSR count). The molecule has 0 spiro atoms. The van der Waals surface area contributed by atoms with Gasteiger partial charge in [-0.3, -0.25) is 4.79 Å². The quantitative estimate of drug-likeness (QED) is 0.640. The second-order valence-corrected chi connectivity index (χ2v) is 6.67. The number of anilines is 1. The summed E-state index contributed by atoms with van der Waals surface area (Å²) in [7, 11) is 0. The number of carbonyl (C=O) groups is 1. The number of carbonyl (C=O) groups excluding carboxylic acids is 1. The molecule has 0 fully saturated rings. The minimum absolute atomic E-state index is 0.0304. The van der Waals surface area contributed by atoms with Gasteiger partial charge in [-0.05, 0) is 42.0 Å². The largest absolute Gasteiger partial charge is 0.485 e. The first-order valence-corrected chi connectivity index (χ1v) is 9.35. The summed E-state index contributed by atoms with van der Waals surface area (Å²) in [6.07, 6.45) is 0.381. The van der Waals surface area contributed by atoms with Crippen LogP contribution in [0.4, 0.5) is 10.1 Å². The molecule has 3 aromatic rings. The van der Waals surface area contributed by atoms with Gasteiger partial charge < -0.3 is 10.1 Å². The molecule has 0 aromatic heterocycles. The van der Waals surface area contributed by atoms with E-state index in [4.69, 9.17) is 4.74 Å². The van der Waals surface area contributed by atoms with Gasteiger partial charge in [-0.15, -0.1) is 0 Å². The van der Waals surface area contributed by atoms with E-state index in [2.05, 4.69) is 15.8 Å². The Kier molecular flexibility index (Phi) is 5.52. The third-order valence-electron chi connectivity index (χ3n) is 4.63. The van der Waals surface area contributed by atoms with Gasteiger partial charge in [0.25, 0.3) is 5.91 Å². The van der Waals surface area contributed by atoms with Crippen molar-refractivity contribution in [1.29, 1.82) is 0 Å². The lowest BCUT2D eigenvalue weighted by atomic mass is 9.96. The predicted octanol–water partition coefficient (Wildman–Crippen LogP) is 4.28. The van der Waals surface area contributed by atoms with Gasteiger partial charge in [-0.2, -0.15) is 5.10 Å². The van der Waals surface area contributed by atoms with E-state index in [1.165, 1.54) is 12.1 Å². The number of nitrogens with one attached hydrogen (secondary N) is 2. The Bertz CT molecular complexity index is 1020. The standard InChI is InChI=1S/C23H20FN3O2/c24-17-10-12-18(13-11-17)25-15-23(28)27-26-20-14-22(16-6-2-1-3-7-16)29-21-9-5-4-8-19(20)21/h1-13,22,25H,14-15H2,(H,27,28). The van der Waals surface area contributed by atoms with Gasteiger partial charge in [-0.25, -0.2) is 9.82 Å². The molecule has 0 saturated carbocycles. The van der Waals surface area contributed by atoms with Gasteiger partial charge in [0.1, 0.15) is 17.7 Å². The lowest BCUT2D eigenvalue weighted by Crippen LogP contribution is -2.29. The third kappa shape index (κ3) is 4.60. The van der Waals surface area contributed by atoms with Crippen LogP contribution < -0.4 is 15.5 Å². The van der Waals surface area contributed by atoms with Crippen molar-refractivity contribution in [2.45, 2.75) is 12.5 Å². The molecule has 0 saturated heterocycles. The van der Waals surface area contributed by atoms with Crippen molar-refractivity contribution < 1.29 is 13.9 Å². The predicted molar refractivity (Wildman–Crippen MR) is 110 cm³/mol. The molecule has 0 aliphatic carbocycles. The van der Waals surface area contributed by atoms with Crippen LogP contribution in [0.1, 0.15) is 23.7 Å². The Morgan fingerprint density at radius 1 is 1.00 bits per heavy atom. The van der Waals surface area contributed by atoms with E-state index in [9.17, 15) is 9.18 Å². The molecule has 5 nitrogen and oxygen atoms in total. The fourth-order valence-corrected chi connectivity index (χ4v) is 3.17. The van der Waals surface area contributed by atoms with Crippen LogP contribution >= 0.6 is 0 Å². The highest BCUT2D eigenvalue weighted by atomic mass is 19.1. The monoisotopic (exact) mass is 389 g/mol. The van der Waals surface area contributed by atoms with Crippen LogP contribution in [0.5, 0.6) is 5.75 Å². The number of amides is 1. The van der Waals surface area contributed by atoms with Crippen LogP contribution in [-0.2, 0) is 4.79 Å². The number of ether oxygens (including phenoxy) is 1. The molecule has 2 N–H and O–H groups in total. The summed E-state index contributed by atoms with van der Waals surface area (Å²) in [6.45, 7) is 0.0304. The molecule has 6 heteroatoms. The van der Waals surface area contributed by atoms with Crippen LogP contribution in [0.3, 0.4) is 0 Å². The highest BCUT2D eigenvalue weighted by molar-refractivity contribution is 6.04. The summed E-state index contributed by atoms with van der Waals surface area (Å²) in [5, 5.41) is 7.30. The molecular weight excluding hydrogens is 369 g/mol. The van der Waals surface area contributed by atoms with Crippen LogP contribution in [0, 0.1) is 5.82 Å². The van der Waals surface area contributed by atoms with E-state index in [-0.39, 0.29) is 24.4 Å². The maximum Gasteiger partial charge on any atom is 0.259 e. The average Bonchev–Trinajstić information content (AvgIpc) is 2.77. The topological polar surface area (TPSA) is 62.7 Å². The fourth-order valence-electron chi connectivity index (χ4n) is 3.17. The number of hydrogen-bond acceptors (Lipinski definition) is 4. The minimum Gasteiger partial charge on any atom is -0.485 e. The normalized spacial score (nSPS) is 16.6. The first kappa shape index (κ1) is 18.7. The molecule has 1 amide bonds. The molecule has 1 aliphatic rings. The smallest absolute Gasteiger partial charge is 0.259 e. The van der Waals surface area contributed by atoms with Gasteiger partial charge in [0, 0.05) is 17.7 Å². The van der Waals surface area contributed by atoms with Gasteiger partial charge in [0.2, 0.25) is 0 Å². The summed E-state index contributed by atoms with van der Waals surface area (Å²) in [5.41, 5.74) is 5.95.